The van der Waals surface area contributed by atoms with Gasteiger partial charge in [-0.3, -0.25) is 0 Å². The standard InChI is InChI=1S/C5H5BrF2N2/c1-5(7,8)4-9-2-3(6)10-4/h2H,1H3,(H,9,10). The summed E-state index contributed by atoms with van der Waals surface area (Å²) in [4.78, 5) is 5.83. The highest BCUT2D eigenvalue weighted by Crippen LogP contribution is 2.24. The van der Waals surface area contributed by atoms with Crippen LogP contribution in [0.25, 0.3) is 0 Å². The van der Waals surface area contributed by atoms with Crippen LogP contribution in [0.1, 0.15) is 12.7 Å². The average molecular weight is 211 g/mol. The molecule has 0 bridgehead atoms. The predicted molar refractivity (Wildman–Crippen MR) is 35.9 cm³/mol. The fraction of sp³-hybridized carbons (Fsp3) is 0.400. The Morgan fingerprint density at radius 1 is 1.70 bits per heavy atom. The van der Waals surface area contributed by atoms with E-state index in [-0.39, 0.29) is 5.82 Å². The molecule has 56 valence electrons. The lowest BCUT2D eigenvalue weighted by Gasteiger charge is -2.03. The van der Waals surface area contributed by atoms with Gasteiger partial charge in [0.1, 0.15) is 4.60 Å². The molecular formula is C5H5BrF2N2. The second-order valence-electron chi connectivity index (χ2n) is 1.96. The van der Waals surface area contributed by atoms with Crippen molar-refractivity contribution in [1.82, 2.24) is 9.97 Å². The van der Waals surface area contributed by atoms with Gasteiger partial charge in [-0.25, -0.2) is 4.98 Å². The lowest BCUT2D eigenvalue weighted by Crippen LogP contribution is -2.08. The molecule has 5 heteroatoms. The molecule has 1 aromatic rings. The van der Waals surface area contributed by atoms with Crippen LogP contribution in [0.5, 0.6) is 0 Å². The minimum absolute atomic E-state index is 0.320. The Kier molecular flexibility index (Phi) is 1.76. The second kappa shape index (κ2) is 2.30. The molecule has 0 spiro atoms. The fourth-order valence-electron chi connectivity index (χ4n) is 0.524. The van der Waals surface area contributed by atoms with E-state index in [0.29, 0.717) is 4.60 Å². The van der Waals surface area contributed by atoms with E-state index in [1.165, 1.54) is 6.20 Å². The van der Waals surface area contributed by atoms with Crippen LogP contribution >= 0.6 is 15.9 Å². The van der Waals surface area contributed by atoms with Crippen LogP contribution in [0.3, 0.4) is 0 Å². The van der Waals surface area contributed by atoms with Gasteiger partial charge in [0.25, 0.3) is 0 Å². The monoisotopic (exact) mass is 210 g/mol. The van der Waals surface area contributed by atoms with Crippen molar-refractivity contribution in [3.8, 4) is 0 Å². The topological polar surface area (TPSA) is 28.7 Å². The number of halogens is 3. The number of aromatic amines is 1. The number of H-pyrrole nitrogens is 1. The maximum atomic E-state index is 12.4. The van der Waals surface area contributed by atoms with Gasteiger partial charge >= 0.3 is 5.92 Å². The lowest BCUT2D eigenvalue weighted by molar-refractivity contribution is 0.00850. The molecule has 0 aromatic carbocycles. The van der Waals surface area contributed by atoms with Crippen LogP contribution in [0.2, 0.25) is 0 Å². The first kappa shape index (κ1) is 7.65. The zero-order chi connectivity index (χ0) is 7.78. The van der Waals surface area contributed by atoms with Gasteiger partial charge < -0.3 is 4.98 Å². The third-order valence-corrected chi connectivity index (χ3v) is 1.37. The minimum Gasteiger partial charge on any atom is -0.342 e. The molecule has 0 unspecified atom stereocenters. The Balaban J connectivity index is 2.96. The molecule has 1 aromatic heterocycles. The summed E-state index contributed by atoms with van der Waals surface area (Å²) >= 11 is 2.95. The van der Waals surface area contributed by atoms with Gasteiger partial charge in [-0.2, -0.15) is 8.78 Å². The number of hydrogen-bond acceptors (Lipinski definition) is 1. The predicted octanol–water partition coefficient (Wildman–Crippen LogP) is 2.28. The first-order valence-corrected chi connectivity index (χ1v) is 3.38. The van der Waals surface area contributed by atoms with E-state index in [9.17, 15) is 8.78 Å². The smallest absolute Gasteiger partial charge is 0.301 e. The van der Waals surface area contributed by atoms with E-state index >= 15 is 0 Å². The van der Waals surface area contributed by atoms with Crippen LogP contribution in [0, 0.1) is 0 Å². The van der Waals surface area contributed by atoms with E-state index in [1.807, 2.05) is 0 Å². The van der Waals surface area contributed by atoms with E-state index < -0.39 is 5.92 Å². The van der Waals surface area contributed by atoms with Crippen LogP contribution in [0.4, 0.5) is 8.78 Å². The van der Waals surface area contributed by atoms with Crippen molar-refractivity contribution in [2.75, 3.05) is 0 Å². The summed E-state index contributed by atoms with van der Waals surface area (Å²) in [5.74, 6) is -3.20. The van der Waals surface area contributed by atoms with E-state index in [1.54, 1.807) is 0 Å². The molecule has 0 aliphatic heterocycles. The first-order chi connectivity index (χ1) is 4.50. The Morgan fingerprint density at radius 3 is 2.50 bits per heavy atom. The SMILES string of the molecule is CC(F)(F)c1nc(Br)c[nH]1. The zero-order valence-corrected chi connectivity index (χ0v) is 6.74. The van der Waals surface area contributed by atoms with Crippen molar-refractivity contribution in [2.45, 2.75) is 12.8 Å². The maximum absolute atomic E-state index is 12.4. The normalized spacial score (nSPS) is 12.0. The highest BCUT2D eigenvalue weighted by Gasteiger charge is 2.27. The number of aromatic nitrogens is 2. The summed E-state index contributed by atoms with van der Waals surface area (Å²) in [6.45, 7) is 0.790. The summed E-state index contributed by atoms with van der Waals surface area (Å²) in [7, 11) is 0. The van der Waals surface area contributed by atoms with Crippen molar-refractivity contribution in [2.24, 2.45) is 0 Å². The van der Waals surface area contributed by atoms with Crippen molar-refractivity contribution >= 4 is 15.9 Å². The third kappa shape index (κ3) is 1.53. The molecule has 0 saturated carbocycles. The summed E-state index contributed by atoms with van der Waals surface area (Å²) in [5, 5.41) is 0. The molecule has 1 rings (SSSR count). The molecule has 0 aliphatic carbocycles. The van der Waals surface area contributed by atoms with Crippen LogP contribution in [-0.4, -0.2) is 9.97 Å². The molecule has 0 atom stereocenters. The van der Waals surface area contributed by atoms with Gasteiger partial charge in [0, 0.05) is 13.1 Å². The highest BCUT2D eigenvalue weighted by atomic mass is 79.9. The highest BCUT2D eigenvalue weighted by molar-refractivity contribution is 9.10. The number of alkyl halides is 2. The third-order valence-electron chi connectivity index (χ3n) is 0.962. The summed E-state index contributed by atoms with van der Waals surface area (Å²) < 4.78 is 25.1. The number of nitrogens with one attached hydrogen (secondary N) is 1. The number of hydrogen-bond donors (Lipinski definition) is 1. The van der Waals surface area contributed by atoms with Gasteiger partial charge in [-0.15, -0.1) is 0 Å². The molecule has 0 amide bonds. The Morgan fingerprint density at radius 2 is 2.30 bits per heavy atom. The summed E-state index contributed by atoms with van der Waals surface area (Å²) in [6.07, 6.45) is 1.37. The van der Waals surface area contributed by atoms with Gasteiger partial charge in [-0.1, -0.05) is 0 Å². The average Bonchev–Trinajstić information content (AvgIpc) is 2.11. The zero-order valence-electron chi connectivity index (χ0n) is 5.16. The van der Waals surface area contributed by atoms with Crippen LogP contribution in [-0.2, 0) is 5.92 Å². The fourth-order valence-corrected chi connectivity index (χ4v) is 0.816. The molecule has 0 fully saturated rings. The maximum Gasteiger partial charge on any atom is 0.301 e. The molecule has 1 heterocycles. The van der Waals surface area contributed by atoms with Crippen molar-refractivity contribution in [1.29, 1.82) is 0 Å². The van der Waals surface area contributed by atoms with Gasteiger partial charge in [-0.05, 0) is 15.9 Å². The van der Waals surface area contributed by atoms with Crippen LogP contribution < -0.4 is 0 Å². The molecule has 1 N–H and O–H groups in total. The summed E-state index contributed by atoms with van der Waals surface area (Å²) in [6, 6.07) is 0. The van der Waals surface area contributed by atoms with E-state index in [2.05, 4.69) is 25.9 Å². The molecule has 10 heavy (non-hydrogen) atoms. The summed E-state index contributed by atoms with van der Waals surface area (Å²) in [5.41, 5.74) is 0. The quantitative estimate of drug-likeness (QED) is 0.758. The van der Waals surface area contributed by atoms with Gasteiger partial charge in [0.05, 0.1) is 0 Å². The number of nitrogens with zero attached hydrogens (tertiary/aromatic N) is 1. The van der Waals surface area contributed by atoms with Crippen molar-refractivity contribution in [3.63, 3.8) is 0 Å². The largest absolute Gasteiger partial charge is 0.342 e. The van der Waals surface area contributed by atoms with Crippen molar-refractivity contribution in [3.05, 3.63) is 16.6 Å². The molecule has 0 saturated heterocycles. The molecule has 2 nitrogen and oxygen atoms in total. The van der Waals surface area contributed by atoms with E-state index in [4.69, 9.17) is 0 Å². The molecule has 0 aliphatic rings. The Bertz CT molecular complexity index is 228. The van der Waals surface area contributed by atoms with Crippen molar-refractivity contribution < 1.29 is 8.78 Å². The Hall–Kier alpha value is -0.450. The number of rotatable bonds is 1. The molecular weight excluding hydrogens is 206 g/mol. The minimum atomic E-state index is -2.88. The van der Waals surface area contributed by atoms with Gasteiger partial charge in [0.15, 0.2) is 5.82 Å². The molecule has 0 radical (unpaired) electrons. The lowest BCUT2D eigenvalue weighted by atomic mass is 10.4. The second-order valence-corrected chi connectivity index (χ2v) is 2.77. The Labute approximate surface area is 64.8 Å². The van der Waals surface area contributed by atoms with E-state index in [0.717, 1.165) is 6.92 Å². The first-order valence-electron chi connectivity index (χ1n) is 2.59. The number of imidazole rings is 1. The van der Waals surface area contributed by atoms with Gasteiger partial charge in [0.2, 0.25) is 0 Å². The van der Waals surface area contributed by atoms with Crippen LogP contribution in [0.15, 0.2) is 10.8 Å².